The fourth-order valence-electron chi connectivity index (χ4n) is 3.69. The van der Waals surface area contributed by atoms with Crippen LogP contribution in [0.4, 0.5) is 0 Å². The van der Waals surface area contributed by atoms with Gasteiger partial charge in [0.05, 0.1) is 25.8 Å². The molecule has 3 aliphatic heterocycles. The molecule has 4 heterocycles. The molecule has 0 aromatic carbocycles. The van der Waals surface area contributed by atoms with E-state index in [0.29, 0.717) is 37.7 Å². The van der Waals surface area contributed by atoms with Gasteiger partial charge in [-0.25, -0.2) is 4.79 Å². The molecule has 0 aliphatic carbocycles. The van der Waals surface area contributed by atoms with Crippen molar-refractivity contribution in [3.05, 3.63) is 33.7 Å². The molecule has 172 valence electrons. The second kappa shape index (κ2) is 10.5. The van der Waals surface area contributed by atoms with E-state index >= 15 is 0 Å². The highest BCUT2D eigenvalue weighted by molar-refractivity contribution is 8.00. The Labute approximate surface area is 193 Å². The van der Waals surface area contributed by atoms with E-state index in [9.17, 15) is 19.5 Å². The Morgan fingerprint density at radius 1 is 1.38 bits per heavy atom. The second-order valence-corrected chi connectivity index (χ2v) is 9.55. The maximum Gasteiger partial charge on any atom is 0.353 e. The fourth-order valence-corrected chi connectivity index (χ4v) is 5.69. The predicted molar refractivity (Wildman–Crippen MR) is 119 cm³/mol. The molecule has 4 rings (SSSR count). The van der Waals surface area contributed by atoms with Crippen molar-refractivity contribution in [3.63, 3.8) is 0 Å². The molecule has 2 amide bonds. The van der Waals surface area contributed by atoms with Crippen LogP contribution in [-0.4, -0.2) is 95.5 Å². The summed E-state index contributed by atoms with van der Waals surface area (Å²) in [6.07, 6.45) is 1.56. The first-order chi connectivity index (χ1) is 15.5. The topological polar surface area (TPSA) is 121 Å². The molecule has 1 aromatic heterocycles. The summed E-state index contributed by atoms with van der Waals surface area (Å²) in [6.45, 7) is 4.19. The lowest BCUT2D eigenvalue weighted by Gasteiger charge is -2.49. The lowest BCUT2D eigenvalue weighted by atomic mass is 10.0. The third kappa shape index (κ3) is 5.14. The van der Waals surface area contributed by atoms with Gasteiger partial charge in [0, 0.05) is 35.8 Å². The number of carboxylic acids is 1. The van der Waals surface area contributed by atoms with E-state index in [1.807, 2.05) is 17.5 Å². The smallest absolute Gasteiger partial charge is 0.353 e. The monoisotopic (exact) mass is 480 g/mol. The fraction of sp³-hybridized carbons (Fsp3) is 0.500. The molecule has 2 saturated heterocycles. The normalized spacial score (nSPS) is 23.8. The van der Waals surface area contributed by atoms with Crippen LogP contribution in [0, 0.1) is 0 Å². The Morgan fingerprint density at radius 3 is 2.91 bits per heavy atom. The molecule has 32 heavy (non-hydrogen) atoms. The summed E-state index contributed by atoms with van der Waals surface area (Å²) in [5.74, 6) is -1.54. The van der Waals surface area contributed by atoms with Crippen LogP contribution in [0.5, 0.6) is 0 Å². The van der Waals surface area contributed by atoms with E-state index < -0.39 is 23.3 Å². The molecule has 2 atom stereocenters. The van der Waals surface area contributed by atoms with Crippen LogP contribution >= 0.6 is 23.1 Å². The number of aliphatic carboxylic acids is 1. The van der Waals surface area contributed by atoms with Crippen LogP contribution in [0.2, 0.25) is 0 Å². The zero-order valence-electron chi connectivity index (χ0n) is 17.3. The zero-order chi connectivity index (χ0) is 22.5. The summed E-state index contributed by atoms with van der Waals surface area (Å²) in [5, 5.41) is 17.8. The molecule has 0 unspecified atom stereocenters. The van der Waals surface area contributed by atoms with Crippen LogP contribution < -0.4 is 5.32 Å². The van der Waals surface area contributed by atoms with Crippen molar-refractivity contribution < 1.29 is 29.1 Å². The number of ether oxygens (including phenoxy) is 1. The van der Waals surface area contributed by atoms with Crippen molar-refractivity contribution in [2.24, 2.45) is 5.16 Å². The van der Waals surface area contributed by atoms with Crippen molar-refractivity contribution in [3.8, 4) is 0 Å². The molecule has 12 heteroatoms. The number of carboxylic acid groups (broad SMARTS) is 1. The van der Waals surface area contributed by atoms with Crippen molar-refractivity contribution in [2.45, 2.75) is 17.8 Å². The summed E-state index contributed by atoms with van der Waals surface area (Å²) in [4.78, 5) is 46.4. The van der Waals surface area contributed by atoms with Gasteiger partial charge >= 0.3 is 5.97 Å². The van der Waals surface area contributed by atoms with Gasteiger partial charge in [-0.2, -0.15) is 0 Å². The minimum absolute atomic E-state index is 0.108. The molecule has 2 N–H and O–H groups in total. The van der Waals surface area contributed by atoms with E-state index in [0.717, 1.165) is 18.0 Å². The first kappa shape index (κ1) is 22.8. The van der Waals surface area contributed by atoms with E-state index in [4.69, 9.17) is 9.57 Å². The molecule has 0 radical (unpaired) electrons. The number of amides is 2. The number of thioether (sulfide) groups is 1. The summed E-state index contributed by atoms with van der Waals surface area (Å²) in [5.41, 5.74) is 0.296. The highest BCUT2D eigenvalue weighted by Gasteiger charge is 2.54. The number of thiophene rings is 1. The van der Waals surface area contributed by atoms with Crippen LogP contribution in [-0.2, 0) is 30.4 Å². The van der Waals surface area contributed by atoms with Gasteiger partial charge in [-0.1, -0.05) is 11.2 Å². The molecular weight excluding hydrogens is 456 g/mol. The molecule has 2 fully saturated rings. The SMILES string of the molecule is O=C(Cc1cccs1)N[C@@H]1C(=O)N2C(C(=O)O)=C(C=NOCCN3CCOCC3)CS[C@@H]12. The van der Waals surface area contributed by atoms with Crippen molar-refractivity contribution in [1.82, 2.24) is 15.1 Å². The lowest BCUT2D eigenvalue weighted by molar-refractivity contribution is -0.150. The molecule has 1 aromatic rings. The minimum Gasteiger partial charge on any atom is -0.477 e. The number of hydrogen-bond donors (Lipinski definition) is 2. The van der Waals surface area contributed by atoms with Crippen LogP contribution in [0.1, 0.15) is 4.88 Å². The highest BCUT2D eigenvalue weighted by Crippen LogP contribution is 2.39. The van der Waals surface area contributed by atoms with Crippen molar-refractivity contribution in [1.29, 1.82) is 0 Å². The number of β-lactam (4-membered cyclic amide) rings is 1. The predicted octanol–water partition coefficient (Wildman–Crippen LogP) is 0.364. The number of carbonyl (C=O) groups excluding carboxylic acids is 2. The van der Waals surface area contributed by atoms with Crippen molar-refractivity contribution in [2.75, 3.05) is 45.2 Å². The number of carbonyl (C=O) groups is 3. The number of nitrogens with zero attached hydrogens (tertiary/aromatic N) is 3. The number of hydrogen-bond acceptors (Lipinski definition) is 9. The number of nitrogens with one attached hydrogen (secondary N) is 1. The summed E-state index contributed by atoms with van der Waals surface area (Å²) < 4.78 is 5.29. The van der Waals surface area contributed by atoms with E-state index in [1.54, 1.807) is 0 Å². The average molecular weight is 481 g/mol. The largest absolute Gasteiger partial charge is 0.477 e. The third-order valence-electron chi connectivity index (χ3n) is 5.32. The quantitative estimate of drug-likeness (QED) is 0.225. The summed E-state index contributed by atoms with van der Waals surface area (Å²) in [6, 6.07) is 2.99. The summed E-state index contributed by atoms with van der Waals surface area (Å²) in [7, 11) is 0. The molecule has 3 aliphatic rings. The summed E-state index contributed by atoms with van der Waals surface area (Å²) >= 11 is 2.86. The molecule has 0 bridgehead atoms. The molecule has 0 spiro atoms. The lowest BCUT2D eigenvalue weighted by Crippen LogP contribution is -2.70. The Kier molecular flexibility index (Phi) is 7.45. The van der Waals surface area contributed by atoms with E-state index in [1.165, 1.54) is 34.2 Å². The van der Waals surface area contributed by atoms with Gasteiger partial charge in [0.2, 0.25) is 5.91 Å². The van der Waals surface area contributed by atoms with Crippen LogP contribution in [0.15, 0.2) is 33.9 Å². The molecule has 0 saturated carbocycles. The van der Waals surface area contributed by atoms with Gasteiger partial charge in [0.15, 0.2) is 0 Å². The molecular formula is C20H24N4O6S2. The Balaban J connectivity index is 1.33. The maximum atomic E-state index is 12.7. The van der Waals surface area contributed by atoms with Crippen LogP contribution in [0.3, 0.4) is 0 Å². The Morgan fingerprint density at radius 2 is 2.19 bits per heavy atom. The van der Waals surface area contributed by atoms with Gasteiger partial charge in [0.25, 0.3) is 5.91 Å². The Hall–Kier alpha value is -2.41. The maximum absolute atomic E-state index is 12.7. The standard InChI is InChI=1S/C20H24N4O6S2/c25-15(10-14-2-1-9-31-14)22-16-18(26)24-17(20(27)28)13(12-32-19(16)24)11-21-30-8-5-23-3-6-29-7-4-23/h1-2,9,11,16,19H,3-8,10,12H2,(H,22,25)(H,27,28)/t16-,19+/m1/s1. The van der Waals surface area contributed by atoms with E-state index in [2.05, 4.69) is 15.4 Å². The van der Waals surface area contributed by atoms with Gasteiger partial charge in [0.1, 0.15) is 23.7 Å². The first-order valence-corrected chi connectivity index (χ1v) is 12.2. The zero-order valence-corrected chi connectivity index (χ0v) is 18.9. The number of fused-ring (bicyclic) bond motifs is 1. The highest BCUT2D eigenvalue weighted by atomic mass is 32.2. The Bertz CT molecular complexity index is 913. The first-order valence-electron chi connectivity index (χ1n) is 10.2. The van der Waals surface area contributed by atoms with Gasteiger partial charge in [-0.05, 0) is 11.4 Å². The van der Waals surface area contributed by atoms with Gasteiger partial charge in [-0.3, -0.25) is 19.4 Å². The second-order valence-electron chi connectivity index (χ2n) is 7.41. The average Bonchev–Trinajstić information content (AvgIpc) is 3.30. The number of morpholine rings is 1. The van der Waals surface area contributed by atoms with Crippen molar-refractivity contribution >= 4 is 47.1 Å². The number of oxime groups is 1. The van der Waals surface area contributed by atoms with Gasteiger partial charge < -0.3 is 20.0 Å². The van der Waals surface area contributed by atoms with Gasteiger partial charge in [-0.15, -0.1) is 23.1 Å². The van der Waals surface area contributed by atoms with E-state index in [-0.39, 0.29) is 18.0 Å². The van der Waals surface area contributed by atoms with Crippen LogP contribution in [0.25, 0.3) is 0 Å². The number of rotatable bonds is 9. The minimum atomic E-state index is -1.21. The molecule has 10 nitrogen and oxygen atoms in total. The third-order valence-corrected chi connectivity index (χ3v) is 7.50.